The molecule has 0 aliphatic rings. The van der Waals surface area contributed by atoms with Gasteiger partial charge in [-0.25, -0.2) is 18.1 Å². The molecule has 0 saturated heterocycles. The quantitative estimate of drug-likeness (QED) is 0.260. The number of amides is 1. The Morgan fingerprint density at radius 2 is 1.75 bits per heavy atom. The summed E-state index contributed by atoms with van der Waals surface area (Å²) in [5.74, 6) is -11.9. The third-order valence-electron chi connectivity index (χ3n) is 5.14. The van der Waals surface area contributed by atoms with Gasteiger partial charge in [-0.1, -0.05) is 46.9 Å². The third kappa shape index (κ3) is 6.95. The topological polar surface area (TPSA) is 138 Å². The van der Waals surface area contributed by atoms with Gasteiger partial charge in [0.25, 0.3) is 5.91 Å². The lowest BCUT2D eigenvalue weighted by Gasteiger charge is -2.17. The van der Waals surface area contributed by atoms with Crippen LogP contribution in [0.5, 0.6) is 5.75 Å². The van der Waals surface area contributed by atoms with Gasteiger partial charge in [0, 0.05) is 16.1 Å². The zero-order chi connectivity index (χ0) is 30.2. The van der Waals surface area contributed by atoms with E-state index in [-0.39, 0.29) is 39.1 Å². The smallest absolute Gasteiger partial charge is 0.461 e. The Bertz CT molecular complexity index is 1580. The van der Waals surface area contributed by atoms with Crippen LogP contribution in [0.15, 0.2) is 36.4 Å². The number of aromatic nitrogens is 2. The van der Waals surface area contributed by atoms with Crippen LogP contribution >= 0.6 is 34.8 Å². The van der Waals surface area contributed by atoms with Crippen molar-refractivity contribution in [2.75, 3.05) is 6.26 Å². The van der Waals surface area contributed by atoms with Crippen LogP contribution in [-0.4, -0.2) is 47.8 Å². The number of halogens is 8. The first kappa shape index (κ1) is 31.4. The maximum atomic E-state index is 13.7. The van der Waals surface area contributed by atoms with E-state index in [1.165, 1.54) is 24.3 Å². The minimum Gasteiger partial charge on any atom is -0.487 e. The van der Waals surface area contributed by atoms with E-state index >= 15 is 0 Å². The molecule has 3 aromatic rings. The zero-order valence-corrected chi connectivity index (χ0v) is 22.7. The van der Waals surface area contributed by atoms with Crippen molar-refractivity contribution in [1.82, 2.24) is 14.7 Å². The predicted octanol–water partition coefficient (Wildman–Crippen LogP) is 5.51. The number of benzene rings is 2. The van der Waals surface area contributed by atoms with Gasteiger partial charge in [-0.3, -0.25) is 9.59 Å². The SMILES string of the molecule is CS(=O)(=O)NC(=O)c1cc(Cl)ccc1COc1ccc(C(C(=O)O)c2[nH]c(C(F)(F)C(F)(F)F)nc2Cl)cc1Cl. The summed E-state index contributed by atoms with van der Waals surface area (Å²) < 4.78 is 95.9. The number of carbonyl (C=O) groups is 2. The third-order valence-corrected chi connectivity index (χ3v) is 6.52. The van der Waals surface area contributed by atoms with E-state index in [9.17, 15) is 45.1 Å². The summed E-state index contributed by atoms with van der Waals surface area (Å²) in [6, 6.07) is 7.36. The lowest BCUT2D eigenvalue weighted by Crippen LogP contribution is -2.34. The molecular weight excluding hydrogens is 636 g/mol. The molecule has 0 aliphatic carbocycles. The number of H-pyrrole nitrogens is 1. The molecule has 0 spiro atoms. The van der Waals surface area contributed by atoms with E-state index in [1.807, 2.05) is 0 Å². The largest absolute Gasteiger partial charge is 0.487 e. The number of hydrogen-bond donors (Lipinski definition) is 3. The van der Waals surface area contributed by atoms with Crippen LogP contribution < -0.4 is 9.46 Å². The Labute approximate surface area is 237 Å². The number of carboxylic acid groups (broad SMARTS) is 1. The van der Waals surface area contributed by atoms with Crippen molar-refractivity contribution in [2.24, 2.45) is 0 Å². The van der Waals surface area contributed by atoms with Crippen molar-refractivity contribution in [3.63, 3.8) is 0 Å². The number of imidazole rings is 1. The highest BCUT2D eigenvalue weighted by Crippen LogP contribution is 2.44. The lowest BCUT2D eigenvalue weighted by atomic mass is 9.96. The molecule has 0 fully saturated rings. The Morgan fingerprint density at radius 1 is 1.10 bits per heavy atom. The predicted molar refractivity (Wildman–Crippen MR) is 133 cm³/mol. The summed E-state index contributed by atoms with van der Waals surface area (Å²) in [6.07, 6.45) is -5.25. The molecule has 0 bridgehead atoms. The molecule has 1 amide bonds. The first-order chi connectivity index (χ1) is 18.3. The first-order valence-corrected chi connectivity index (χ1v) is 13.5. The second-order valence-electron chi connectivity index (χ2n) is 8.12. The van der Waals surface area contributed by atoms with Crippen LogP contribution in [-0.2, 0) is 27.3 Å². The van der Waals surface area contributed by atoms with Gasteiger partial charge in [0.05, 0.1) is 17.0 Å². The fourth-order valence-electron chi connectivity index (χ4n) is 3.35. The standard InChI is InChI=1S/C22H15Cl3F5N3O6S/c1-40(37,38)33-18(34)12-7-11(23)4-2-10(12)8-39-14-5-3-9(6-13(14)24)15(19(35)36)16-17(25)32-20(31-16)21(26,27)22(28,29)30/h2-7,15H,8H2,1H3,(H,31,32)(H,33,34)(H,35,36). The maximum absolute atomic E-state index is 13.7. The summed E-state index contributed by atoms with van der Waals surface area (Å²) in [4.78, 5) is 29.0. The van der Waals surface area contributed by atoms with Gasteiger partial charge in [0.15, 0.2) is 11.0 Å². The van der Waals surface area contributed by atoms with Crippen LogP contribution in [0.1, 0.15) is 38.9 Å². The number of aliphatic carboxylic acids is 1. The van der Waals surface area contributed by atoms with Gasteiger partial charge in [0.1, 0.15) is 18.3 Å². The number of carbonyl (C=O) groups excluding carboxylic acids is 1. The summed E-state index contributed by atoms with van der Waals surface area (Å²) in [5.41, 5.74) is -0.870. The fourth-order valence-corrected chi connectivity index (χ4v) is 4.45. The average molecular weight is 651 g/mol. The molecule has 1 atom stereocenters. The van der Waals surface area contributed by atoms with Gasteiger partial charge in [-0.15, -0.1) is 0 Å². The molecule has 18 heteroatoms. The lowest BCUT2D eigenvalue weighted by molar-refractivity contribution is -0.292. The summed E-state index contributed by atoms with van der Waals surface area (Å²) >= 11 is 17.8. The van der Waals surface area contributed by atoms with Crippen LogP contribution in [0.2, 0.25) is 15.2 Å². The number of carboxylic acids is 1. The molecule has 2 aromatic carbocycles. The zero-order valence-electron chi connectivity index (χ0n) is 19.6. The van der Waals surface area contributed by atoms with Crippen LogP contribution in [0.4, 0.5) is 22.0 Å². The molecule has 0 saturated carbocycles. The number of hydrogen-bond acceptors (Lipinski definition) is 6. The van der Waals surface area contributed by atoms with E-state index in [1.54, 1.807) is 9.71 Å². The summed E-state index contributed by atoms with van der Waals surface area (Å²) in [5, 5.41) is 8.68. The number of nitrogens with zero attached hydrogens (tertiary/aromatic N) is 1. The highest BCUT2D eigenvalue weighted by molar-refractivity contribution is 7.89. The number of aromatic amines is 1. The van der Waals surface area contributed by atoms with Crippen molar-refractivity contribution in [1.29, 1.82) is 0 Å². The van der Waals surface area contributed by atoms with Crippen molar-refractivity contribution >= 4 is 56.7 Å². The minimum atomic E-state index is -6.03. The molecule has 40 heavy (non-hydrogen) atoms. The monoisotopic (exact) mass is 649 g/mol. The van der Waals surface area contributed by atoms with E-state index in [0.717, 1.165) is 18.4 Å². The number of alkyl halides is 5. The molecule has 1 heterocycles. The highest BCUT2D eigenvalue weighted by Gasteiger charge is 2.61. The van der Waals surface area contributed by atoms with Gasteiger partial charge >= 0.3 is 18.1 Å². The molecule has 216 valence electrons. The molecule has 0 radical (unpaired) electrons. The van der Waals surface area contributed by atoms with Gasteiger partial charge in [-0.05, 0) is 29.8 Å². The summed E-state index contributed by atoms with van der Waals surface area (Å²) in [7, 11) is -3.90. The molecule has 1 aromatic heterocycles. The van der Waals surface area contributed by atoms with Crippen molar-refractivity contribution in [3.05, 3.63) is 79.8 Å². The molecule has 0 aliphatic heterocycles. The number of sulfonamides is 1. The Morgan fingerprint density at radius 3 is 2.30 bits per heavy atom. The van der Waals surface area contributed by atoms with Crippen molar-refractivity contribution in [2.45, 2.75) is 24.6 Å². The van der Waals surface area contributed by atoms with Crippen LogP contribution in [0, 0.1) is 0 Å². The Kier molecular flexibility index (Phi) is 8.94. The van der Waals surface area contributed by atoms with E-state index in [4.69, 9.17) is 39.5 Å². The van der Waals surface area contributed by atoms with E-state index in [2.05, 4.69) is 4.98 Å². The number of rotatable bonds is 9. The normalized spacial score (nSPS) is 13.1. The van der Waals surface area contributed by atoms with Gasteiger partial charge in [-0.2, -0.15) is 22.0 Å². The summed E-state index contributed by atoms with van der Waals surface area (Å²) in [6.45, 7) is -0.340. The maximum Gasteiger partial charge on any atom is 0.461 e. The number of nitrogens with one attached hydrogen (secondary N) is 2. The minimum absolute atomic E-state index is 0.0565. The van der Waals surface area contributed by atoms with E-state index < -0.39 is 56.6 Å². The average Bonchev–Trinajstić information content (AvgIpc) is 3.19. The van der Waals surface area contributed by atoms with Crippen LogP contribution in [0.25, 0.3) is 0 Å². The van der Waals surface area contributed by atoms with Crippen molar-refractivity contribution in [3.8, 4) is 5.75 Å². The molecule has 9 nitrogen and oxygen atoms in total. The highest BCUT2D eigenvalue weighted by atomic mass is 35.5. The Balaban J connectivity index is 1.90. The first-order valence-electron chi connectivity index (χ1n) is 10.5. The molecule has 3 N–H and O–H groups in total. The molecular formula is C22H15Cl3F5N3O6S. The van der Waals surface area contributed by atoms with Crippen LogP contribution in [0.3, 0.4) is 0 Å². The van der Waals surface area contributed by atoms with Gasteiger partial charge in [0.2, 0.25) is 10.0 Å². The second kappa shape index (κ2) is 11.4. The molecule has 3 rings (SSSR count). The Hall–Kier alpha value is -3.14. The van der Waals surface area contributed by atoms with Crippen molar-refractivity contribution < 1.29 is 49.8 Å². The second-order valence-corrected chi connectivity index (χ2v) is 11.1. The molecule has 1 unspecified atom stereocenters. The van der Waals surface area contributed by atoms with E-state index in [0.29, 0.717) is 0 Å². The fraction of sp³-hybridized carbons (Fsp3) is 0.227. The van der Waals surface area contributed by atoms with Gasteiger partial charge < -0.3 is 14.8 Å². The number of ether oxygens (including phenoxy) is 1.